The predicted octanol–water partition coefficient (Wildman–Crippen LogP) is 0.828. The highest BCUT2D eigenvalue weighted by molar-refractivity contribution is 5.88. The Hall–Kier alpha value is -1.71. The summed E-state index contributed by atoms with van der Waals surface area (Å²) in [5, 5.41) is 2.66. The average Bonchev–Trinajstić information content (AvgIpc) is 2.63. The lowest BCUT2D eigenvalue weighted by Crippen LogP contribution is -2.42. The quantitative estimate of drug-likeness (QED) is 0.743. The van der Waals surface area contributed by atoms with Crippen LogP contribution in [0.15, 0.2) is 29.2 Å². The van der Waals surface area contributed by atoms with Gasteiger partial charge in [-0.3, -0.25) is 4.99 Å². The summed E-state index contributed by atoms with van der Waals surface area (Å²) in [6.07, 6.45) is -0.561. The Bertz CT molecular complexity index is 549. The van der Waals surface area contributed by atoms with Gasteiger partial charge in [0.1, 0.15) is 12.4 Å². The van der Waals surface area contributed by atoms with Gasteiger partial charge in [-0.1, -0.05) is 12.1 Å². The van der Waals surface area contributed by atoms with Crippen LogP contribution < -0.4 is 14.8 Å². The van der Waals surface area contributed by atoms with Gasteiger partial charge in [0.15, 0.2) is 17.6 Å². The number of nitrogens with zero attached hydrogens (tertiary/aromatic N) is 1. The number of benzene rings is 1. The van der Waals surface area contributed by atoms with E-state index in [-0.39, 0.29) is 12.4 Å². The topological polar surface area (TPSA) is 42.8 Å². The van der Waals surface area contributed by atoms with Crippen molar-refractivity contribution in [3.8, 4) is 11.5 Å². The highest BCUT2D eigenvalue weighted by Crippen LogP contribution is 2.31. The molecule has 0 bridgehead atoms. The first kappa shape index (κ1) is 5.39. The van der Waals surface area contributed by atoms with E-state index < -0.39 is 19.1 Å². The molecule has 2 heterocycles. The van der Waals surface area contributed by atoms with E-state index in [9.17, 15) is 0 Å². The number of rotatable bonds is 1. The third kappa shape index (κ3) is 1.52. The molecule has 3 rings (SSSR count). The third-order valence-electron chi connectivity index (χ3n) is 2.22. The Balaban J connectivity index is 1.82. The Morgan fingerprint density at radius 2 is 2.53 bits per heavy atom. The molecular formula is C11H12N2O2. The first-order valence-corrected chi connectivity index (χ1v) is 4.64. The first-order chi connectivity index (χ1) is 8.95. The minimum absolute atomic E-state index is 0.172. The molecule has 15 heavy (non-hydrogen) atoms. The lowest BCUT2D eigenvalue weighted by atomic mass is 10.2. The molecule has 1 unspecified atom stereocenters. The summed E-state index contributed by atoms with van der Waals surface area (Å²) in [4.78, 5) is 3.82. The number of amidine groups is 1. The summed E-state index contributed by atoms with van der Waals surface area (Å²) in [6, 6.07) is 5.11. The van der Waals surface area contributed by atoms with Crippen LogP contribution in [0.3, 0.4) is 0 Å². The lowest BCUT2D eigenvalue weighted by Gasteiger charge is -2.26. The number of hydrogen-bond acceptors (Lipinski definition) is 4. The molecule has 0 aromatic heterocycles. The maximum Gasteiger partial charge on any atom is 0.189 e. The number of aliphatic imine (C=N–C) groups is 1. The maximum absolute atomic E-state index is 7.54. The molecule has 2 aliphatic rings. The molecule has 2 atom stereocenters. The van der Waals surface area contributed by atoms with Gasteiger partial charge in [0.05, 0.1) is 12.0 Å². The molecule has 0 saturated heterocycles. The van der Waals surface area contributed by atoms with E-state index in [0.29, 0.717) is 17.5 Å². The second-order valence-corrected chi connectivity index (χ2v) is 3.21. The van der Waals surface area contributed by atoms with Gasteiger partial charge < -0.3 is 14.8 Å². The van der Waals surface area contributed by atoms with Crippen molar-refractivity contribution in [2.24, 2.45) is 4.99 Å². The van der Waals surface area contributed by atoms with Gasteiger partial charge in [-0.05, 0) is 12.1 Å². The summed E-state index contributed by atoms with van der Waals surface area (Å²) in [5.74, 6) is 1.27. The van der Waals surface area contributed by atoms with E-state index in [1.54, 1.807) is 18.2 Å². The van der Waals surface area contributed by atoms with E-state index >= 15 is 0 Å². The fraction of sp³-hybridized carbons (Fsp3) is 0.364. The van der Waals surface area contributed by atoms with Gasteiger partial charge in [0.2, 0.25) is 0 Å². The summed E-state index contributed by atoms with van der Waals surface area (Å²) >= 11 is 0. The van der Waals surface area contributed by atoms with Crippen LogP contribution in [0.5, 0.6) is 11.5 Å². The molecule has 0 saturated carbocycles. The van der Waals surface area contributed by atoms with Crippen molar-refractivity contribution in [2.45, 2.75) is 6.10 Å². The second-order valence-electron chi connectivity index (χ2n) is 3.21. The largest absolute Gasteiger partial charge is 0.485 e. The molecule has 78 valence electrons. The van der Waals surface area contributed by atoms with E-state index in [1.165, 1.54) is 0 Å². The summed E-state index contributed by atoms with van der Waals surface area (Å²) in [5.41, 5.74) is 0. The second kappa shape index (κ2) is 3.46. The van der Waals surface area contributed by atoms with Crippen LogP contribution in [0.25, 0.3) is 0 Å². The van der Waals surface area contributed by atoms with Crippen molar-refractivity contribution in [1.29, 1.82) is 0 Å². The molecule has 0 amide bonds. The molecule has 4 heteroatoms. The van der Waals surface area contributed by atoms with Crippen molar-refractivity contribution >= 4 is 5.84 Å². The van der Waals surface area contributed by atoms with E-state index in [4.69, 9.17) is 15.0 Å². The molecule has 0 radical (unpaired) electrons. The summed E-state index contributed by atoms with van der Waals surface area (Å²) in [7, 11) is 0. The van der Waals surface area contributed by atoms with Crippen LogP contribution >= 0.6 is 0 Å². The summed E-state index contributed by atoms with van der Waals surface area (Å²) in [6.45, 7) is -2.92. The van der Waals surface area contributed by atoms with Gasteiger partial charge >= 0.3 is 0 Å². The van der Waals surface area contributed by atoms with E-state index in [0.717, 1.165) is 0 Å². The summed E-state index contributed by atoms with van der Waals surface area (Å²) < 4.78 is 41.2. The van der Waals surface area contributed by atoms with E-state index in [1.807, 2.05) is 0 Å². The molecule has 0 aliphatic carbocycles. The van der Waals surface area contributed by atoms with Gasteiger partial charge in [-0.2, -0.15) is 0 Å². The van der Waals surface area contributed by atoms with Gasteiger partial charge in [-0.15, -0.1) is 0 Å². The third-order valence-corrected chi connectivity index (χ3v) is 2.22. The van der Waals surface area contributed by atoms with Crippen LogP contribution in [0.2, 0.25) is 0 Å². The van der Waals surface area contributed by atoms with Crippen molar-refractivity contribution in [3.05, 3.63) is 24.2 Å². The molecule has 0 fully saturated rings. The fourth-order valence-corrected chi connectivity index (χ4v) is 1.50. The minimum Gasteiger partial charge on any atom is -0.485 e. The first-order valence-electron chi connectivity index (χ1n) is 6.72. The van der Waals surface area contributed by atoms with Gasteiger partial charge in [0.25, 0.3) is 0 Å². The van der Waals surface area contributed by atoms with Crippen molar-refractivity contribution < 1.29 is 15.0 Å². The highest BCUT2D eigenvalue weighted by atomic mass is 16.6. The Morgan fingerprint density at radius 1 is 1.53 bits per heavy atom. The molecule has 0 spiro atoms. The smallest absolute Gasteiger partial charge is 0.189 e. The van der Waals surface area contributed by atoms with Crippen molar-refractivity contribution in [2.75, 3.05) is 19.6 Å². The normalized spacial score (nSPS) is 35.3. The van der Waals surface area contributed by atoms with Crippen LogP contribution in [-0.4, -0.2) is 31.6 Å². The van der Waals surface area contributed by atoms with Gasteiger partial charge in [-0.25, -0.2) is 0 Å². The van der Waals surface area contributed by atoms with Crippen LogP contribution in [0.4, 0.5) is 0 Å². The predicted molar refractivity (Wildman–Crippen MR) is 56.7 cm³/mol. The number of hydrogen-bond donors (Lipinski definition) is 1. The molecule has 4 nitrogen and oxygen atoms in total. The zero-order valence-corrected chi connectivity index (χ0v) is 7.86. The molecule has 1 aromatic rings. The molecule has 2 aliphatic heterocycles. The number of ether oxygens (including phenoxy) is 2. The SMILES string of the molecule is [2H]c1ccc2c(c1)OC[C@H](C1=NC([2H])([2H])C([2H])N1)O2. The lowest BCUT2D eigenvalue weighted by molar-refractivity contribution is 0.133. The van der Waals surface area contributed by atoms with Crippen LogP contribution in [0.1, 0.15) is 5.48 Å². The molecule has 1 N–H and O–H groups in total. The van der Waals surface area contributed by atoms with Crippen molar-refractivity contribution in [1.82, 2.24) is 5.32 Å². The zero-order chi connectivity index (χ0) is 13.6. The minimum atomic E-state index is -1.95. The van der Waals surface area contributed by atoms with E-state index in [2.05, 4.69) is 10.3 Å². The zero-order valence-electron chi connectivity index (χ0n) is 11.9. The average molecular weight is 208 g/mol. The fourth-order valence-electron chi connectivity index (χ4n) is 1.50. The standard InChI is InChI=1S/C11H12N2O2/c1-2-4-9-8(3-1)14-7-10(15-9)11-12-5-6-13-11/h1-4,10H,5-7H2,(H,12,13)/t10-/m1/s1/i1D,5D,6D2/t5?,10-. The number of para-hydroxylation sites is 2. The Kier molecular flexibility index (Phi) is 1.24. The van der Waals surface area contributed by atoms with Gasteiger partial charge in [0, 0.05) is 6.52 Å². The molecular weight excluding hydrogens is 192 g/mol. The highest BCUT2D eigenvalue weighted by Gasteiger charge is 2.26. The maximum atomic E-state index is 7.54. The number of fused-ring (bicyclic) bond motifs is 1. The molecule has 1 aromatic carbocycles. The number of nitrogens with one attached hydrogen (secondary N) is 1. The van der Waals surface area contributed by atoms with Crippen molar-refractivity contribution in [3.63, 3.8) is 0 Å². The Labute approximate surface area is 93.5 Å². The van der Waals surface area contributed by atoms with Crippen LogP contribution in [0, 0.1) is 0 Å². The Morgan fingerprint density at radius 3 is 3.40 bits per heavy atom. The monoisotopic (exact) mass is 208 g/mol. The van der Waals surface area contributed by atoms with Crippen LogP contribution in [-0.2, 0) is 0 Å².